The number of rotatable bonds is 4. The molecule has 0 heterocycles. The smallest absolute Gasteiger partial charge is 0.254 e. The van der Waals surface area contributed by atoms with Crippen molar-refractivity contribution in [2.24, 2.45) is 0 Å². The number of halogens is 2. The molecule has 0 aliphatic carbocycles. The summed E-state index contributed by atoms with van der Waals surface area (Å²) in [6.45, 7) is -0.999. The Hall–Kier alpha value is -1.73. The van der Waals surface area contributed by atoms with Crippen LogP contribution in [0.15, 0.2) is 12.1 Å². The fraction of sp³-hybridized carbons (Fsp3) is 0.300. The molecule has 0 saturated heterocycles. The summed E-state index contributed by atoms with van der Waals surface area (Å²) in [4.78, 5) is 11.5. The Morgan fingerprint density at radius 3 is 2.41 bits per heavy atom. The maximum Gasteiger partial charge on any atom is 0.254 e. The second kappa shape index (κ2) is 5.55. The number of nitrogens with two attached hydrogens (primary N) is 1. The summed E-state index contributed by atoms with van der Waals surface area (Å²) < 4.78 is 26.1. The number of nitrogen functional groups attached to an aromatic ring is 1. The van der Waals surface area contributed by atoms with Gasteiger partial charge in [0.1, 0.15) is 11.6 Å². The Balaban J connectivity index is 2.93. The van der Waals surface area contributed by atoms with E-state index in [-0.39, 0.29) is 5.69 Å². The number of carbonyl (C=O) groups is 1. The van der Waals surface area contributed by atoms with Crippen LogP contribution in [0.25, 0.3) is 0 Å². The first-order valence-corrected chi connectivity index (χ1v) is 4.76. The first kappa shape index (κ1) is 13.3. The van der Waals surface area contributed by atoms with Crippen LogP contribution in [0, 0.1) is 11.6 Å². The predicted octanol–water partition coefficient (Wildman–Crippen LogP) is -0.370. The highest BCUT2D eigenvalue weighted by Crippen LogP contribution is 2.16. The number of hydrogen-bond donors (Lipinski definition) is 4. The zero-order valence-electron chi connectivity index (χ0n) is 8.78. The van der Waals surface area contributed by atoms with Gasteiger partial charge in [-0.05, 0) is 6.07 Å². The fourth-order valence-electron chi connectivity index (χ4n) is 1.15. The quantitative estimate of drug-likeness (QED) is 0.545. The van der Waals surface area contributed by atoms with Crippen LogP contribution in [-0.2, 0) is 0 Å². The molecule has 1 rings (SSSR count). The van der Waals surface area contributed by atoms with E-state index in [2.05, 4.69) is 5.32 Å². The number of anilines is 1. The highest BCUT2D eigenvalue weighted by molar-refractivity contribution is 5.95. The molecule has 0 aromatic heterocycles. The molecule has 0 spiro atoms. The number of aliphatic hydroxyl groups is 2. The van der Waals surface area contributed by atoms with Crippen molar-refractivity contribution in [2.45, 2.75) is 6.04 Å². The summed E-state index contributed by atoms with van der Waals surface area (Å²) in [7, 11) is 0. The van der Waals surface area contributed by atoms with E-state index in [9.17, 15) is 13.6 Å². The van der Waals surface area contributed by atoms with E-state index in [1.807, 2.05) is 0 Å². The van der Waals surface area contributed by atoms with Gasteiger partial charge in [-0.2, -0.15) is 0 Å². The number of aliphatic hydroxyl groups excluding tert-OH is 2. The van der Waals surface area contributed by atoms with Gasteiger partial charge in [0, 0.05) is 6.07 Å². The normalized spacial score (nSPS) is 10.6. The molecule has 0 radical (unpaired) electrons. The van der Waals surface area contributed by atoms with E-state index in [1.54, 1.807) is 0 Å². The molecule has 94 valence electrons. The van der Waals surface area contributed by atoms with Gasteiger partial charge in [-0.1, -0.05) is 0 Å². The fourth-order valence-corrected chi connectivity index (χ4v) is 1.15. The third kappa shape index (κ3) is 3.11. The first-order chi connectivity index (χ1) is 7.99. The monoisotopic (exact) mass is 246 g/mol. The van der Waals surface area contributed by atoms with Crippen molar-refractivity contribution >= 4 is 11.6 Å². The summed E-state index contributed by atoms with van der Waals surface area (Å²) in [5, 5.41) is 19.6. The molecule has 1 aromatic carbocycles. The maximum atomic E-state index is 13.3. The second-order valence-electron chi connectivity index (χ2n) is 3.39. The molecule has 17 heavy (non-hydrogen) atoms. The van der Waals surface area contributed by atoms with Gasteiger partial charge in [-0.3, -0.25) is 4.79 Å². The molecule has 0 aliphatic heterocycles. The summed E-state index contributed by atoms with van der Waals surface area (Å²) in [5.74, 6) is -2.91. The number of hydrogen-bond acceptors (Lipinski definition) is 4. The number of benzene rings is 1. The predicted molar refractivity (Wildman–Crippen MR) is 56.2 cm³/mol. The molecule has 0 atom stereocenters. The van der Waals surface area contributed by atoms with Crippen LogP contribution >= 0.6 is 0 Å². The van der Waals surface area contributed by atoms with Crippen LogP contribution in [-0.4, -0.2) is 35.4 Å². The molecular weight excluding hydrogens is 234 g/mol. The van der Waals surface area contributed by atoms with Crippen molar-refractivity contribution in [1.82, 2.24) is 5.32 Å². The third-order valence-corrected chi connectivity index (χ3v) is 2.11. The molecule has 1 amide bonds. The lowest BCUT2D eigenvalue weighted by Gasteiger charge is -2.13. The molecule has 0 aliphatic rings. The second-order valence-corrected chi connectivity index (χ2v) is 3.39. The van der Waals surface area contributed by atoms with E-state index in [1.165, 1.54) is 0 Å². The zero-order valence-corrected chi connectivity index (χ0v) is 8.78. The van der Waals surface area contributed by atoms with Gasteiger partial charge in [-0.15, -0.1) is 0 Å². The van der Waals surface area contributed by atoms with Crippen LogP contribution in [0.1, 0.15) is 10.4 Å². The van der Waals surface area contributed by atoms with Crippen molar-refractivity contribution in [1.29, 1.82) is 0 Å². The van der Waals surface area contributed by atoms with E-state index in [0.717, 1.165) is 6.07 Å². The van der Waals surface area contributed by atoms with Crippen LogP contribution in [0.3, 0.4) is 0 Å². The highest BCUT2D eigenvalue weighted by atomic mass is 19.1. The van der Waals surface area contributed by atoms with Crippen molar-refractivity contribution in [3.05, 3.63) is 29.3 Å². The van der Waals surface area contributed by atoms with Crippen molar-refractivity contribution < 1.29 is 23.8 Å². The SMILES string of the molecule is Nc1cc(C(=O)NC(CO)CO)c(F)cc1F. The Morgan fingerprint density at radius 2 is 1.88 bits per heavy atom. The molecule has 0 saturated carbocycles. The van der Waals surface area contributed by atoms with E-state index in [0.29, 0.717) is 6.07 Å². The number of amides is 1. The lowest BCUT2D eigenvalue weighted by atomic mass is 10.1. The zero-order chi connectivity index (χ0) is 13.0. The van der Waals surface area contributed by atoms with Crippen molar-refractivity contribution in [3.8, 4) is 0 Å². The van der Waals surface area contributed by atoms with Gasteiger partial charge in [0.2, 0.25) is 0 Å². The summed E-state index contributed by atoms with van der Waals surface area (Å²) in [5.41, 5.74) is 4.39. The summed E-state index contributed by atoms with van der Waals surface area (Å²) >= 11 is 0. The minimum Gasteiger partial charge on any atom is -0.396 e. The average Bonchev–Trinajstić information content (AvgIpc) is 2.30. The van der Waals surface area contributed by atoms with Gasteiger partial charge >= 0.3 is 0 Å². The van der Waals surface area contributed by atoms with E-state index < -0.39 is 42.4 Å². The molecule has 7 heteroatoms. The Morgan fingerprint density at radius 1 is 1.29 bits per heavy atom. The Bertz CT molecular complexity index is 422. The van der Waals surface area contributed by atoms with Gasteiger partial charge in [-0.25, -0.2) is 8.78 Å². The standard InChI is InChI=1S/C10H12F2N2O3/c11-7-2-8(12)9(13)1-6(7)10(17)14-5(3-15)4-16/h1-2,5,15-16H,3-4,13H2,(H,14,17). The first-order valence-electron chi connectivity index (χ1n) is 4.76. The molecule has 1 aromatic rings. The number of carbonyl (C=O) groups excluding carboxylic acids is 1. The molecule has 0 fully saturated rings. The molecule has 5 N–H and O–H groups in total. The maximum absolute atomic E-state index is 13.3. The highest BCUT2D eigenvalue weighted by Gasteiger charge is 2.17. The molecular formula is C10H12F2N2O3. The Labute approximate surface area is 95.9 Å². The van der Waals surface area contributed by atoms with Gasteiger partial charge in [0.25, 0.3) is 5.91 Å². The minimum atomic E-state index is -1.07. The van der Waals surface area contributed by atoms with Crippen molar-refractivity contribution in [2.75, 3.05) is 18.9 Å². The molecule has 0 bridgehead atoms. The van der Waals surface area contributed by atoms with Crippen LogP contribution < -0.4 is 11.1 Å². The minimum absolute atomic E-state index is 0.360. The lowest BCUT2D eigenvalue weighted by molar-refractivity contribution is 0.0875. The largest absolute Gasteiger partial charge is 0.396 e. The Kier molecular flexibility index (Phi) is 4.36. The third-order valence-electron chi connectivity index (χ3n) is 2.11. The molecule has 5 nitrogen and oxygen atoms in total. The lowest BCUT2D eigenvalue weighted by Crippen LogP contribution is -2.40. The molecule has 0 unspecified atom stereocenters. The van der Waals surface area contributed by atoms with Gasteiger partial charge in [0.05, 0.1) is 30.5 Å². The van der Waals surface area contributed by atoms with Gasteiger partial charge < -0.3 is 21.3 Å². The number of nitrogens with one attached hydrogen (secondary N) is 1. The summed E-state index contributed by atoms with van der Waals surface area (Å²) in [6.07, 6.45) is 0. The topological polar surface area (TPSA) is 95.6 Å². The van der Waals surface area contributed by atoms with Crippen molar-refractivity contribution in [3.63, 3.8) is 0 Å². The van der Waals surface area contributed by atoms with Crippen LogP contribution in [0.2, 0.25) is 0 Å². The summed E-state index contributed by atoms with van der Waals surface area (Å²) in [6, 6.07) is 0.441. The average molecular weight is 246 g/mol. The van der Waals surface area contributed by atoms with Crippen LogP contribution in [0.5, 0.6) is 0 Å². The van der Waals surface area contributed by atoms with Gasteiger partial charge in [0.15, 0.2) is 0 Å². The van der Waals surface area contributed by atoms with E-state index in [4.69, 9.17) is 15.9 Å². The van der Waals surface area contributed by atoms with E-state index >= 15 is 0 Å². The van der Waals surface area contributed by atoms with Crippen LogP contribution in [0.4, 0.5) is 14.5 Å².